The number of anilines is 1. The minimum Gasteiger partial charge on any atom is -0.480 e. The number of nitrogens with zero attached hydrogens (tertiary/aromatic N) is 2. The third kappa shape index (κ3) is 3.26. The average molecular weight is 316 g/mol. The van der Waals surface area contributed by atoms with Crippen molar-refractivity contribution in [2.24, 2.45) is 0 Å². The number of pyridine rings is 1. The number of benzene rings is 1. The number of likely N-dealkylation sites (N-methyl/N-ethyl adjacent to an activating group) is 1. The third-order valence-corrected chi connectivity index (χ3v) is 3.78. The van der Waals surface area contributed by atoms with Crippen LogP contribution in [0.15, 0.2) is 18.3 Å². The summed E-state index contributed by atoms with van der Waals surface area (Å²) in [6.07, 6.45) is 1.46. The largest absolute Gasteiger partial charge is 0.480 e. The smallest absolute Gasteiger partial charge is 0.341 e. The number of hydrogen-bond donors (Lipinski definition) is 1. The first kappa shape index (κ1) is 16.7. The molecule has 2 aromatic rings. The lowest BCUT2D eigenvalue weighted by atomic mass is 10.0. The molecule has 122 valence electrons. The number of aliphatic carboxylic acids is 1. The molecule has 1 aromatic carbocycles. The highest BCUT2D eigenvalue weighted by molar-refractivity contribution is 6.06. The van der Waals surface area contributed by atoms with E-state index in [4.69, 9.17) is 9.84 Å². The van der Waals surface area contributed by atoms with E-state index < -0.39 is 11.9 Å². The second kappa shape index (κ2) is 6.64. The van der Waals surface area contributed by atoms with Gasteiger partial charge in [-0.25, -0.2) is 4.79 Å². The van der Waals surface area contributed by atoms with Crippen molar-refractivity contribution in [2.45, 2.75) is 20.8 Å². The van der Waals surface area contributed by atoms with Gasteiger partial charge in [-0.15, -0.1) is 0 Å². The van der Waals surface area contributed by atoms with Gasteiger partial charge >= 0.3 is 11.9 Å². The molecular formula is C17H20N2O4. The first-order valence-electron chi connectivity index (χ1n) is 7.35. The minimum atomic E-state index is -0.976. The molecule has 0 saturated heterocycles. The number of carbonyl (C=O) groups is 2. The third-order valence-electron chi connectivity index (χ3n) is 3.78. The minimum absolute atomic E-state index is 0.224. The fraction of sp³-hybridized carbons (Fsp3) is 0.353. The Balaban J connectivity index is 2.73. The zero-order valence-electron chi connectivity index (χ0n) is 13.7. The molecule has 0 amide bonds. The maximum absolute atomic E-state index is 12.2. The van der Waals surface area contributed by atoms with Gasteiger partial charge in [-0.2, -0.15) is 0 Å². The molecule has 0 radical (unpaired) electrons. The molecule has 0 spiro atoms. The van der Waals surface area contributed by atoms with Crippen LogP contribution >= 0.6 is 0 Å². The molecule has 0 aliphatic carbocycles. The van der Waals surface area contributed by atoms with E-state index in [1.807, 2.05) is 26.0 Å². The second-order valence-corrected chi connectivity index (χ2v) is 5.39. The van der Waals surface area contributed by atoms with Crippen LogP contribution in [0.2, 0.25) is 0 Å². The zero-order chi connectivity index (χ0) is 17.1. The van der Waals surface area contributed by atoms with Gasteiger partial charge < -0.3 is 14.7 Å². The van der Waals surface area contributed by atoms with E-state index in [1.54, 1.807) is 14.0 Å². The number of hydrogen-bond acceptors (Lipinski definition) is 5. The van der Waals surface area contributed by atoms with Gasteiger partial charge in [0.15, 0.2) is 0 Å². The van der Waals surface area contributed by atoms with Gasteiger partial charge in [0.25, 0.3) is 0 Å². The number of aryl methyl sites for hydroxylation is 2. The first-order valence-corrected chi connectivity index (χ1v) is 7.35. The number of ether oxygens (including phenoxy) is 1. The van der Waals surface area contributed by atoms with Crippen molar-refractivity contribution in [3.05, 3.63) is 35.0 Å². The highest BCUT2D eigenvalue weighted by atomic mass is 16.5. The van der Waals surface area contributed by atoms with Gasteiger partial charge in [-0.05, 0) is 31.9 Å². The lowest BCUT2D eigenvalue weighted by Crippen LogP contribution is -2.27. The summed E-state index contributed by atoms with van der Waals surface area (Å²) in [4.78, 5) is 29.2. The fourth-order valence-electron chi connectivity index (χ4n) is 2.55. The molecule has 23 heavy (non-hydrogen) atoms. The number of carboxylic acids is 1. The van der Waals surface area contributed by atoms with E-state index >= 15 is 0 Å². The van der Waals surface area contributed by atoms with Crippen molar-refractivity contribution in [1.29, 1.82) is 0 Å². The molecule has 0 aliphatic heterocycles. The highest BCUT2D eigenvalue weighted by Gasteiger charge is 2.21. The number of esters is 1. The summed E-state index contributed by atoms with van der Waals surface area (Å²) in [6, 6.07) is 3.80. The van der Waals surface area contributed by atoms with E-state index in [0.717, 1.165) is 22.0 Å². The summed E-state index contributed by atoms with van der Waals surface area (Å²) >= 11 is 0. The summed E-state index contributed by atoms with van der Waals surface area (Å²) in [5, 5.41) is 9.81. The van der Waals surface area contributed by atoms with Crippen LogP contribution < -0.4 is 4.90 Å². The molecule has 0 unspecified atom stereocenters. The summed E-state index contributed by atoms with van der Waals surface area (Å²) in [6.45, 7) is 5.68. The summed E-state index contributed by atoms with van der Waals surface area (Å²) in [7, 11) is 1.64. The van der Waals surface area contributed by atoms with Gasteiger partial charge in [0.1, 0.15) is 12.1 Å². The number of aromatic nitrogens is 1. The Hall–Kier alpha value is -2.63. The molecule has 0 atom stereocenters. The Labute approximate surface area is 134 Å². The van der Waals surface area contributed by atoms with Crippen LogP contribution in [0.25, 0.3) is 10.9 Å². The molecule has 1 N–H and O–H groups in total. The zero-order valence-corrected chi connectivity index (χ0v) is 13.7. The average Bonchev–Trinajstić information content (AvgIpc) is 2.49. The lowest BCUT2D eigenvalue weighted by molar-refractivity contribution is -0.135. The van der Waals surface area contributed by atoms with Crippen molar-refractivity contribution >= 4 is 28.5 Å². The molecule has 6 nitrogen and oxygen atoms in total. The van der Waals surface area contributed by atoms with Gasteiger partial charge in [-0.3, -0.25) is 9.78 Å². The molecule has 1 aromatic heterocycles. The molecule has 6 heteroatoms. The summed E-state index contributed by atoms with van der Waals surface area (Å²) < 4.78 is 5.07. The standard InChI is InChI=1S/C17H20N2O4/c1-5-23-17(22)13-8-18-15-11(3)10(2)6-7-12(15)16(13)19(4)9-14(20)21/h6-8H,5,9H2,1-4H3,(H,20,21). The van der Waals surface area contributed by atoms with Crippen LogP contribution in [0.1, 0.15) is 28.4 Å². The lowest BCUT2D eigenvalue weighted by Gasteiger charge is -2.22. The Morgan fingerprint density at radius 2 is 2.00 bits per heavy atom. The van der Waals surface area contributed by atoms with Gasteiger partial charge in [0, 0.05) is 18.6 Å². The Kier molecular flexibility index (Phi) is 4.83. The molecule has 0 saturated carbocycles. The van der Waals surface area contributed by atoms with E-state index in [9.17, 15) is 9.59 Å². The number of carboxylic acid groups (broad SMARTS) is 1. The van der Waals surface area contributed by atoms with Gasteiger partial charge in [-0.1, -0.05) is 12.1 Å². The molecular weight excluding hydrogens is 296 g/mol. The van der Waals surface area contributed by atoms with Crippen LogP contribution in [-0.4, -0.2) is 42.2 Å². The first-order chi connectivity index (χ1) is 10.9. The van der Waals surface area contributed by atoms with Gasteiger partial charge in [0.2, 0.25) is 0 Å². The molecule has 0 bridgehead atoms. The van der Waals surface area contributed by atoms with Gasteiger partial charge in [0.05, 0.1) is 17.8 Å². The number of fused-ring (bicyclic) bond motifs is 1. The van der Waals surface area contributed by atoms with Crippen LogP contribution in [0, 0.1) is 13.8 Å². The van der Waals surface area contributed by atoms with Crippen molar-refractivity contribution in [3.8, 4) is 0 Å². The Morgan fingerprint density at radius 1 is 1.30 bits per heavy atom. The Bertz CT molecular complexity index is 771. The van der Waals surface area contributed by atoms with Crippen molar-refractivity contribution in [2.75, 3.05) is 25.1 Å². The summed E-state index contributed by atoms with van der Waals surface area (Å²) in [5.74, 6) is -1.48. The van der Waals surface area contributed by atoms with Crippen LogP contribution in [0.4, 0.5) is 5.69 Å². The quantitative estimate of drug-likeness (QED) is 0.854. The van der Waals surface area contributed by atoms with Crippen molar-refractivity contribution < 1.29 is 19.4 Å². The highest BCUT2D eigenvalue weighted by Crippen LogP contribution is 2.32. The predicted molar refractivity (Wildman–Crippen MR) is 88.1 cm³/mol. The topological polar surface area (TPSA) is 79.7 Å². The maximum atomic E-state index is 12.2. The summed E-state index contributed by atoms with van der Waals surface area (Å²) in [5.41, 5.74) is 3.64. The van der Waals surface area contributed by atoms with Crippen LogP contribution in [0.3, 0.4) is 0 Å². The van der Waals surface area contributed by atoms with E-state index in [0.29, 0.717) is 5.69 Å². The second-order valence-electron chi connectivity index (χ2n) is 5.39. The molecule has 0 fully saturated rings. The normalized spacial score (nSPS) is 10.6. The van der Waals surface area contributed by atoms with Crippen molar-refractivity contribution in [1.82, 2.24) is 4.98 Å². The van der Waals surface area contributed by atoms with E-state index in [-0.39, 0.29) is 18.7 Å². The monoisotopic (exact) mass is 316 g/mol. The fourth-order valence-corrected chi connectivity index (χ4v) is 2.55. The van der Waals surface area contributed by atoms with E-state index in [2.05, 4.69) is 4.98 Å². The van der Waals surface area contributed by atoms with Crippen LogP contribution in [0.5, 0.6) is 0 Å². The number of rotatable bonds is 5. The Morgan fingerprint density at radius 3 is 2.61 bits per heavy atom. The van der Waals surface area contributed by atoms with E-state index in [1.165, 1.54) is 11.1 Å². The molecule has 0 aliphatic rings. The van der Waals surface area contributed by atoms with Crippen molar-refractivity contribution in [3.63, 3.8) is 0 Å². The predicted octanol–water partition coefficient (Wildman–Crippen LogP) is 2.55. The molecule has 1 heterocycles. The molecule has 2 rings (SSSR count). The SMILES string of the molecule is CCOC(=O)c1cnc2c(C)c(C)ccc2c1N(C)CC(=O)O. The van der Waals surface area contributed by atoms with Crippen LogP contribution in [-0.2, 0) is 9.53 Å². The number of carbonyl (C=O) groups excluding carboxylic acids is 1. The maximum Gasteiger partial charge on any atom is 0.341 e.